The number of methoxy groups -OCH3 is 1. The Morgan fingerprint density at radius 3 is 1.45 bits per heavy atom. The van der Waals surface area contributed by atoms with Crippen LogP contribution >= 0.6 is 0 Å². The van der Waals surface area contributed by atoms with E-state index in [1.807, 2.05) is 36.4 Å². The Labute approximate surface area is 182 Å². The first-order valence-electron chi connectivity index (χ1n) is 10.4. The minimum absolute atomic E-state index is 0.0937. The van der Waals surface area contributed by atoms with E-state index in [9.17, 15) is 0 Å². The second kappa shape index (κ2) is 8.29. The molecule has 4 aromatic carbocycles. The summed E-state index contributed by atoms with van der Waals surface area (Å²) in [6.07, 6.45) is 0.197. The fourth-order valence-corrected chi connectivity index (χ4v) is 3.74. The fraction of sp³-hybridized carbons (Fsp3) is 0.143. The van der Waals surface area contributed by atoms with E-state index in [1.165, 1.54) is 22.3 Å². The van der Waals surface area contributed by atoms with Crippen molar-refractivity contribution in [3.63, 3.8) is 0 Å². The zero-order chi connectivity index (χ0) is 21.2. The van der Waals surface area contributed by atoms with Gasteiger partial charge in [-0.25, -0.2) is 0 Å². The number of benzene rings is 4. The molecule has 0 saturated carbocycles. The molecule has 0 amide bonds. The molecule has 154 valence electrons. The van der Waals surface area contributed by atoms with Gasteiger partial charge in [-0.15, -0.1) is 0 Å². The maximum Gasteiger partial charge on any atom is 0.127 e. The summed E-state index contributed by atoms with van der Waals surface area (Å²) in [5.74, 6) is 2.49. The van der Waals surface area contributed by atoms with Crippen LogP contribution in [0.4, 0.5) is 0 Å². The summed E-state index contributed by atoms with van der Waals surface area (Å²) in [7, 11) is 1.67. The molecule has 3 heteroatoms. The number of aryl methyl sites for hydroxylation is 1. The Balaban J connectivity index is 1.22. The highest BCUT2D eigenvalue weighted by Crippen LogP contribution is 2.51. The Bertz CT molecular complexity index is 1150. The lowest BCUT2D eigenvalue weighted by molar-refractivity contribution is 0.377. The van der Waals surface area contributed by atoms with Gasteiger partial charge in [0, 0.05) is 0 Å². The van der Waals surface area contributed by atoms with Crippen LogP contribution in [0.15, 0.2) is 97.1 Å². The number of rotatable bonds is 6. The molecule has 0 N–H and O–H groups in total. The summed E-state index contributed by atoms with van der Waals surface area (Å²) >= 11 is 0. The number of epoxide rings is 1. The monoisotopic (exact) mass is 408 g/mol. The smallest absolute Gasteiger partial charge is 0.127 e. The molecule has 0 spiro atoms. The zero-order valence-electron chi connectivity index (χ0n) is 17.6. The summed E-state index contributed by atoms with van der Waals surface area (Å²) in [4.78, 5) is 0. The number of hydrogen-bond acceptors (Lipinski definition) is 3. The van der Waals surface area contributed by atoms with Gasteiger partial charge in [-0.3, -0.25) is 0 Å². The minimum atomic E-state index is 0.0937. The maximum atomic E-state index is 6.03. The minimum Gasteiger partial charge on any atom is -0.497 e. The van der Waals surface area contributed by atoms with Crippen molar-refractivity contribution in [1.29, 1.82) is 0 Å². The van der Waals surface area contributed by atoms with Crippen molar-refractivity contribution in [2.45, 2.75) is 19.1 Å². The number of ether oxygens (including phenoxy) is 3. The van der Waals surface area contributed by atoms with E-state index in [0.717, 1.165) is 22.8 Å². The number of hydrogen-bond donors (Lipinski definition) is 0. The lowest BCUT2D eigenvalue weighted by atomic mass is 10.0. The Morgan fingerprint density at radius 1 is 0.548 bits per heavy atom. The fourth-order valence-electron chi connectivity index (χ4n) is 3.74. The summed E-state index contributed by atoms with van der Waals surface area (Å²) in [6.45, 7) is 2.10. The van der Waals surface area contributed by atoms with Crippen molar-refractivity contribution in [2.75, 3.05) is 7.11 Å². The highest BCUT2D eigenvalue weighted by Gasteiger charge is 2.41. The third-order valence-electron chi connectivity index (χ3n) is 5.62. The van der Waals surface area contributed by atoms with Gasteiger partial charge in [0.2, 0.25) is 0 Å². The first-order valence-corrected chi connectivity index (χ1v) is 10.4. The first kappa shape index (κ1) is 19.4. The van der Waals surface area contributed by atoms with E-state index in [-0.39, 0.29) is 12.2 Å². The van der Waals surface area contributed by atoms with Gasteiger partial charge in [-0.1, -0.05) is 66.2 Å². The average Bonchev–Trinajstić information content (AvgIpc) is 3.62. The molecule has 4 aromatic rings. The van der Waals surface area contributed by atoms with Crippen LogP contribution in [0.1, 0.15) is 28.9 Å². The molecule has 5 rings (SSSR count). The van der Waals surface area contributed by atoms with Crippen LogP contribution in [-0.4, -0.2) is 7.11 Å². The summed E-state index contributed by atoms with van der Waals surface area (Å²) in [6, 6.07) is 32.9. The van der Waals surface area contributed by atoms with E-state index < -0.39 is 0 Å². The van der Waals surface area contributed by atoms with Crippen LogP contribution in [0.5, 0.6) is 17.2 Å². The molecule has 2 unspecified atom stereocenters. The summed E-state index contributed by atoms with van der Waals surface area (Å²) in [5, 5.41) is 0. The Kier molecular flexibility index (Phi) is 5.19. The highest BCUT2D eigenvalue weighted by molar-refractivity contribution is 5.64. The van der Waals surface area contributed by atoms with E-state index in [2.05, 4.69) is 67.6 Å². The standard InChI is InChI=1S/C28H24O3/c1-19-3-5-20(6-4-19)21-7-15-25(16-8-21)30-26-17-11-23(12-18-26)28-27(31-28)22-9-13-24(29-2)14-10-22/h3-18,27-28H,1-2H3. The molecule has 0 aliphatic carbocycles. The lowest BCUT2D eigenvalue weighted by Crippen LogP contribution is -1.88. The highest BCUT2D eigenvalue weighted by atomic mass is 16.6. The van der Waals surface area contributed by atoms with Crippen LogP contribution in [0, 0.1) is 6.92 Å². The second-order valence-corrected chi connectivity index (χ2v) is 7.81. The zero-order valence-corrected chi connectivity index (χ0v) is 17.6. The third-order valence-corrected chi connectivity index (χ3v) is 5.62. The Hall–Kier alpha value is -3.56. The second-order valence-electron chi connectivity index (χ2n) is 7.81. The predicted octanol–water partition coefficient (Wildman–Crippen LogP) is 7.28. The topological polar surface area (TPSA) is 31.0 Å². The van der Waals surface area contributed by atoms with Crippen molar-refractivity contribution in [1.82, 2.24) is 0 Å². The predicted molar refractivity (Wildman–Crippen MR) is 123 cm³/mol. The molecule has 1 heterocycles. The largest absolute Gasteiger partial charge is 0.497 e. The van der Waals surface area contributed by atoms with Crippen molar-refractivity contribution < 1.29 is 14.2 Å². The van der Waals surface area contributed by atoms with Crippen LogP contribution < -0.4 is 9.47 Å². The molecule has 1 fully saturated rings. The van der Waals surface area contributed by atoms with Gasteiger partial charge in [0.1, 0.15) is 29.5 Å². The van der Waals surface area contributed by atoms with Crippen molar-refractivity contribution in [3.8, 4) is 28.4 Å². The molecule has 1 aliphatic rings. The van der Waals surface area contributed by atoms with Gasteiger partial charge in [-0.05, 0) is 65.6 Å². The third kappa shape index (κ3) is 4.32. The molecule has 0 radical (unpaired) electrons. The molecular formula is C28H24O3. The first-order chi connectivity index (χ1) is 15.2. The maximum absolute atomic E-state index is 6.03. The quantitative estimate of drug-likeness (QED) is 0.314. The van der Waals surface area contributed by atoms with E-state index in [1.54, 1.807) is 7.11 Å². The van der Waals surface area contributed by atoms with Gasteiger partial charge in [0.25, 0.3) is 0 Å². The van der Waals surface area contributed by atoms with Crippen LogP contribution in [0.3, 0.4) is 0 Å². The van der Waals surface area contributed by atoms with Crippen molar-refractivity contribution in [3.05, 3.63) is 114 Å². The van der Waals surface area contributed by atoms with Gasteiger partial charge in [0.05, 0.1) is 7.11 Å². The average molecular weight is 408 g/mol. The lowest BCUT2D eigenvalue weighted by Gasteiger charge is -2.08. The molecule has 3 nitrogen and oxygen atoms in total. The van der Waals surface area contributed by atoms with Gasteiger partial charge in [0.15, 0.2) is 0 Å². The molecular weight excluding hydrogens is 384 g/mol. The molecule has 0 aromatic heterocycles. The van der Waals surface area contributed by atoms with Crippen molar-refractivity contribution >= 4 is 0 Å². The molecule has 31 heavy (non-hydrogen) atoms. The van der Waals surface area contributed by atoms with Crippen LogP contribution in [-0.2, 0) is 4.74 Å². The van der Waals surface area contributed by atoms with E-state index >= 15 is 0 Å². The normalized spacial score (nSPS) is 17.2. The molecule has 2 atom stereocenters. The SMILES string of the molecule is COc1ccc(C2OC2c2ccc(Oc3ccc(-c4ccc(C)cc4)cc3)cc2)cc1. The van der Waals surface area contributed by atoms with Crippen LogP contribution in [0.2, 0.25) is 0 Å². The van der Waals surface area contributed by atoms with E-state index in [4.69, 9.17) is 14.2 Å². The van der Waals surface area contributed by atoms with Crippen molar-refractivity contribution in [2.24, 2.45) is 0 Å². The summed E-state index contributed by atoms with van der Waals surface area (Å²) < 4.78 is 17.1. The van der Waals surface area contributed by atoms with Gasteiger partial charge in [-0.2, -0.15) is 0 Å². The van der Waals surface area contributed by atoms with Gasteiger partial charge >= 0.3 is 0 Å². The Morgan fingerprint density at radius 2 is 0.968 bits per heavy atom. The van der Waals surface area contributed by atoms with Crippen LogP contribution in [0.25, 0.3) is 11.1 Å². The molecule has 1 saturated heterocycles. The van der Waals surface area contributed by atoms with Gasteiger partial charge < -0.3 is 14.2 Å². The molecule has 1 aliphatic heterocycles. The molecule has 0 bridgehead atoms. The van der Waals surface area contributed by atoms with E-state index in [0.29, 0.717) is 0 Å². The summed E-state index contributed by atoms with van der Waals surface area (Å²) in [5.41, 5.74) is 5.97.